The van der Waals surface area contributed by atoms with Crippen molar-refractivity contribution in [3.05, 3.63) is 11.6 Å². The molecule has 0 radical (unpaired) electrons. The number of carboxylic acids is 2. The summed E-state index contributed by atoms with van der Waals surface area (Å²) in [5, 5.41) is 28.7. The van der Waals surface area contributed by atoms with Crippen molar-refractivity contribution in [3.8, 4) is 0 Å². The van der Waals surface area contributed by atoms with Crippen LogP contribution in [0.3, 0.4) is 0 Å². The average molecular weight is 308 g/mol. The molecule has 4 aliphatic carbocycles. The first-order chi connectivity index (χ1) is 10.2. The molecular formula is C17H24O5. The second-order valence-electron chi connectivity index (χ2n) is 8.15. The van der Waals surface area contributed by atoms with Gasteiger partial charge in [0.25, 0.3) is 0 Å². The molecule has 0 heterocycles. The monoisotopic (exact) mass is 308 g/mol. The summed E-state index contributed by atoms with van der Waals surface area (Å²) in [5.74, 6) is -1.31. The molecule has 22 heavy (non-hydrogen) atoms. The summed E-state index contributed by atoms with van der Waals surface area (Å²) in [5.41, 5.74) is -0.828. The molecule has 4 unspecified atom stereocenters. The van der Waals surface area contributed by atoms with Crippen LogP contribution in [-0.2, 0) is 9.59 Å². The zero-order valence-electron chi connectivity index (χ0n) is 13.0. The van der Waals surface area contributed by atoms with Crippen molar-refractivity contribution < 1.29 is 24.9 Å². The van der Waals surface area contributed by atoms with Gasteiger partial charge < -0.3 is 15.3 Å². The van der Waals surface area contributed by atoms with Gasteiger partial charge in [0, 0.05) is 12.2 Å². The first kappa shape index (κ1) is 15.5. The van der Waals surface area contributed by atoms with Gasteiger partial charge in [-0.05, 0) is 68.6 Å². The maximum absolute atomic E-state index is 11.9. The molecule has 4 atom stereocenters. The number of aliphatic hydroxyl groups is 1. The summed E-state index contributed by atoms with van der Waals surface area (Å²) in [7, 11) is 0. The average Bonchev–Trinajstić information content (AvgIpc) is 2.43. The smallest absolute Gasteiger partial charge is 0.330 e. The van der Waals surface area contributed by atoms with Crippen LogP contribution in [0.15, 0.2) is 11.6 Å². The molecular weight excluding hydrogens is 284 g/mol. The fourth-order valence-electron chi connectivity index (χ4n) is 5.94. The van der Waals surface area contributed by atoms with E-state index in [1.807, 2.05) is 0 Å². The van der Waals surface area contributed by atoms with Crippen molar-refractivity contribution in [1.82, 2.24) is 0 Å². The second-order valence-corrected chi connectivity index (χ2v) is 8.15. The largest absolute Gasteiger partial charge is 0.481 e. The topological polar surface area (TPSA) is 94.8 Å². The standard InChI is InChI=1S/C17H24O5/c1-11(13(19)20)2-3-15-4-12-5-16(7-15,10-18)9-17(6-12,8-15)14(21)22/h2,12,18H,3-10H2,1H3,(H,19,20)(H,21,22). The lowest BCUT2D eigenvalue weighted by Gasteiger charge is -2.65. The summed E-state index contributed by atoms with van der Waals surface area (Å²) < 4.78 is 0. The third kappa shape index (κ3) is 2.26. The predicted molar refractivity (Wildman–Crippen MR) is 79.2 cm³/mol. The van der Waals surface area contributed by atoms with Gasteiger partial charge in [-0.25, -0.2) is 4.79 Å². The molecule has 5 heteroatoms. The van der Waals surface area contributed by atoms with Crippen LogP contribution in [-0.4, -0.2) is 33.9 Å². The van der Waals surface area contributed by atoms with Crippen molar-refractivity contribution in [1.29, 1.82) is 0 Å². The molecule has 4 aliphatic rings. The SMILES string of the molecule is CC(=CCC12CC3CC(CO)(C1)CC(C(=O)O)(C3)C2)C(=O)O. The van der Waals surface area contributed by atoms with Crippen molar-refractivity contribution >= 4 is 11.9 Å². The predicted octanol–water partition coefficient (Wildman–Crippen LogP) is 2.44. The molecule has 4 saturated carbocycles. The van der Waals surface area contributed by atoms with E-state index < -0.39 is 17.4 Å². The molecule has 0 spiro atoms. The van der Waals surface area contributed by atoms with Gasteiger partial charge in [0.2, 0.25) is 0 Å². The van der Waals surface area contributed by atoms with Crippen LogP contribution in [0.1, 0.15) is 51.9 Å². The normalized spacial score (nSPS) is 43.4. The number of aliphatic carboxylic acids is 2. The number of allylic oxidation sites excluding steroid dienone is 1. The van der Waals surface area contributed by atoms with Crippen LogP contribution in [0.5, 0.6) is 0 Å². The van der Waals surface area contributed by atoms with E-state index in [9.17, 15) is 19.8 Å². The molecule has 0 amide bonds. The summed E-state index contributed by atoms with van der Waals surface area (Å²) in [6, 6.07) is 0. The molecule has 0 aromatic heterocycles. The quantitative estimate of drug-likeness (QED) is 0.678. The number of hydrogen-bond donors (Lipinski definition) is 3. The van der Waals surface area contributed by atoms with Gasteiger partial charge in [-0.2, -0.15) is 0 Å². The maximum Gasteiger partial charge on any atom is 0.330 e. The van der Waals surface area contributed by atoms with E-state index in [1.165, 1.54) is 0 Å². The van der Waals surface area contributed by atoms with Crippen molar-refractivity contribution in [2.45, 2.75) is 51.9 Å². The molecule has 0 aromatic carbocycles. The molecule has 4 fully saturated rings. The number of hydrogen-bond acceptors (Lipinski definition) is 3. The molecule has 4 bridgehead atoms. The van der Waals surface area contributed by atoms with Crippen LogP contribution >= 0.6 is 0 Å². The van der Waals surface area contributed by atoms with Crippen LogP contribution in [0.2, 0.25) is 0 Å². The Morgan fingerprint density at radius 2 is 1.73 bits per heavy atom. The summed E-state index contributed by atoms with van der Waals surface area (Å²) in [6.07, 6.45) is 6.98. The molecule has 0 aromatic rings. The Kier molecular flexibility index (Phi) is 3.40. The molecule has 3 N–H and O–H groups in total. The number of carbonyl (C=O) groups is 2. The Bertz CT molecular complexity index is 553. The third-order valence-corrected chi connectivity index (χ3v) is 6.27. The highest BCUT2D eigenvalue weighted by atomic mass is 16.4. The highest BCUT2D eigenvalue weighted by Gasteiger charge is 2.65. The van der Waals surface area contributed by atoms with E-state index in [0.29, 0.717) is 37.2 Å². The zero-order valence-corrected chi connectivity index (χ0v) is 13.0. The Labute approximate surface area is 130 Å². The lowest BCUT2D eigenvalue weighted by Crippen LogP contribution is -2.60. The minimum absolute atomic E-state index is 0.0436. The van der Waals surface area contributed by atoms with Crippen molar-refractivity contribution in [2.75, 3.05) is 6.61 Å². The van der Waals surface area contributed by atoms with Gasteiger partial charge in [-0.3, -0.25) is 4.79 Å². The van der Waals surface area contributed by atoms with Crippen LogP contribution < -0.4 is 0 Å². The molecule has 0 aliphatic heterocycles. The lowest BCUT2D eigenvalue weighted by atomic mass is 9.39. The van der Waals surface area contributed by atoms with E-state index in [2.05, 4.69) is 0 Å². The van der Waals surface area contributed by atoms with Gasteiger partial charge in [0.15, 0.2) is 0 Å². The van der Waals surface area contributed by atoms with E-state index >= 15 is 0 Å². The van der Waals surface area contributed by atoms with Gasteiger partial charge in [-0.1, -0.05) is 6.08 Å². The van der Waals surface area contributed by atoms with Crippen molar-refractivity contribution in [3.63, 3.8) is 0 Å². The zero-order chi connectivity index (χ0) is 16.2. The summed E-state index contributed by atoms with van der Waals surface area (Å²) in [4.78, 5) is 22.9. The summed E-state index contributed by atoms with van der Waals surface area (Å²) in [6.45, 7) is 1.62. The Morgan fingerprint density at radius 1 is 1.09 bits per heavy atom. The van der Waals surface area contributed by atoms with Crippen LogP contribution in [0.25, 0.3) is 0 Å². The van der Waals surface area contributed by atoms with Crippen LogP contribution in [0.4, 0.5) is 0 Å². The van der Waals surface area contributed by atoms with Gasteiger partial charge in [0.1, 0.15) is 0 Å². The fourth-order valence-corrected chi connectivity index (χ4v) is 5.94. The van der Waals surface area contributed by atoms with E-state index in [1.54, 1.807) is 13.0 Å². The second kappa shape index (κ2) is 4.82. The van der Waals surface area contributed by atoms with Crippen molar-refractivity contribution in [2.24, 2.45) is 22.2 Å². The minimum atomic E-state index is -0.922. The Morgan fingerprint density at radius 3 is 2.32 bits per heavy atom. The highest BCUT2D eigenvalue weighted by Crippen LogP contribution is 2.70. The van der Waals surface area contributed by atoms with Gasteiger partial charge >= 0.3 is 11.9 Å². The number of aliphatic hydroxyl groups excluding tert-OH is 1. The number of rotatable bonds is 5. The molecule has 122 valence electrons. The lowest BCUT2D eigenvalue weighted by molar-refractivity contribution is -0.196. The van der Waals surface area contributed by atoms with E-state index in [0.717, 1.165) is 19.3 Å². The fraction of sp³-hybridized carbons (Fsp3) is 0.765. The Balaban J connectivity index is 1.94. The van der Waals surface area contributed by atoms with E-state index in [-0.39, 0.29) is 17.4 Å². The minimum Gasteiger partial charge on any atom is -0.481 e. The highest BCUT2D eigenvalue weighted by molar-refractivity contribution is 5.85. The summed E-state index contributed by atoms with van der Waals surface area (Å²) >= 11 is 0. The molecule has 0 saturated heterocycles. The Hall–Kier alpha value is -1.36. The van der Waals surface area contributed by atoms with E-state index in [4.69, 9.17) is 5.11 Å². The van der Waals surface area contributed by atoms with Gasteiger partial charge in [-0.15, -0.1) is 0 Å². The molecule has 4 rings (SSSR count). The van der Waals surface area contributed by atoms with Gasteiger partial charge in [0.05, 0.1) is 5.41 Å². The third-order valence-electron chi connectivity index (χ3n) is 6.27. The number of carboxylic acid groups (broad SMARTS) is 2. The molecule has 5 nitrogen and oxygen atoms in total. The first-order valence-corrected chi connectivity index (χ1v) is 7.98. The maximum atomic E-state index is 11.9. The van der Waals surface area contributed by atoms with Crippen LogP contribution in [0, 0.1) is 22.2 Å². The first-order valence-electron chi connectivity index (χ1n) is 7.98.